The third-order valence-electron chi connectivity index (χ3n) is 4.51. The van der Waals surface area contributed by atoms with Gasteiger partial charge in [0.25, 0.3) is 5.91 Å². The molecule has 0 radical (unpaired) electrons. The zero-order valence-corrected chi connectivity index (χ0v) is 13.1. The van der Waals surface area contributed by atoms with Crippen LogP contribution in [0.4, 0.5) is 0 Å². The molecule has 5 heteroatoms. The minimum absolute atomic E-state index is 0.0244. The van der Waals surface area contributed by atoms with Crippen LogP contribution in [-0.4, -0.2) is 33.4 Å². The smallest absolute Gasteiger partial charge is 0.289 e. The lowest BCUT2D eigenvalue weighted by atomic mass is 10.1. The summed E-state index contributed by atoms with van der Waals surface area (Å²) in [4.78, 5) is 18.8. The van der Waals surface area contributed by atoms with E-state index in [4.69, 9.17) is 4.42 Å². The number of imidazole rings is 1. The van der Waals surface area contributed by atoms with E-state index in [0.717, 1.165) is 35.9 Å². The highest BCUT2D eigenvalue weighted by Crippen LogP contribution is 2.25. The maximum Gasteiger partial charge on any atom is 0.289 e. The molecule has 1 atom stereocenters. The van der Waals surface area contributed by atoms with E-state index in [1.807, 2.05) is 48.6 Å². The van der Waals surface area contributed by atoms with Crippen LogP contribution in [0.3, 0.4) is 0 Å². The molecule has 1 saturated heterocycles. The number of hydrogen-bond donors (Lipinski definition) is 0. The number of hydrogen-bond acceptors (Lipinski definition) is 3. The highest BCUT2D eigenvalue weighted by molar-refractivity contribution is 5.96. The fourth-order valence-electron chi connectivity index (χ4n) is 3.29. The molecule has 5 nitrogen and oxygen atoms in total. The Kier molecular flexibility index (Phi) is 3.41. The van der Waals surface area contributed by atoms with Gasteiger partial charge in [0.15, 0.2) is 5.76 Å². The Balaban J connectivity index is 1.57. The number of carbonyl (C=O) groups excluding carboxylic acids is 1. The van der Waals surface area contributed by atoms with E-state index in [1.54, 1.807) is 6.20 Å². The van der Waals surface area contributed by atoms with E-state index in [2.05, 4.69) is 9.55 Å². The van der Waals surface area contributed by atoms with E-state index in [9.17, 15) is 4.79 Å². The highest BCUT2D eigenvalue weighted by Gasteiger charge is 2.27. The topological polar surface area (TPSA) is 51.3 Å². The number of nitrogens with zero attached hydrogens (tertiary/aromatic N) is 3. The van der Waals surface area contributed by atoms with E-state index in [0.29, 0.717) is 18.3 Å². The van der Waals surface area contributed by atoms with Gasteiger partial charge in [0.1, 0.15) is 5.58 Å². The highest BCUT2D eigenvalue weighted by atomic mass is 16.3. The van der Waals surface area contributed by atoms with Gasteiger partial charge in [0.05, 0.1) is 12.4 Å². The van der Waals surface area contributed by atoms with Crippen molar-refractivity contribution in [2.75, 3.05) is 13.1 Å². The summed E-state index contributed by atoms with van der Waals surface area (Å²) < 4.78 is 7.84. The molecule has 0 bridgehead atoms. The number of aromatic nitrogens is 2. The Hall–Kier alpha value is -2.56. The van der Waals surface area contributed by atoms with Crippen LogP contribution in [0, 0.1) is 6.92 Å². The van der Waals surface area contributed by atoms with Crippen molar-refractivity contribution in [2.24, 2.45) is 0 Å². The summed E-state index contributed by atoms with van der Waals surface area (Å²) in [5.41, 5.74) is 1.93. The Morgan fingerprint density at radius 3 is 3.09 bits per heavy atom. The number of amides is 1. The second-order valence-corrected chi connectivity index (χ2v) is 6.21. The number of rotatable bonds is 2. The quantitative estimate of drug-likeness (QED) is 0.729. The fourth-order valence-corrected chi connectivity index (χ4v) is 3.29. The first-order chi connectivity index (χ1) is 11.2. The van der Waals surface area contributed by atoms with Gasteiger partial charge in [0, 0.05) is 30.9 Å². The normalized spacial score (nSPS) is 18.5. The van der Waals surface area contributed by atoms with Gasteiger partial charge in [-0.15, -0.1) is 0 Å². The number of fused-ring (bicyclic) bond motifs is 1. The first kappa shape index (κ1) is 14.1. The average Bonchev–Trinajstić information content (AvgIpc) is 3.23. The number of carbonyl (C=O) groups is 1. The largest absolute Gasteiger partial charge is 0.451 e. The van der Waals surface area contributed by atoms with Crippen LogP contribution in [-0.2, 0) is 0 Å². The molecule has 0 saturated carbocycles. The second-order valence-electron chi connectivity index (χ2n) is 6.21. The molecule has 1 aromatic carbocycles. The molecule has 3 aromatic rings. The predicted molar refractivity (Wildman–Crippen MR) is 87.4 cm³/mol. The van der Waals surface area contributed by atoms with Crippen LogP contribution >= 0.6 is 0 Å². The molecule has 4 rings (SSSR count). The van der Waals surface area contributed by atoms with Crippen molar-refractivity contribution in [1.29, 1.82) is 0 Å². The molecule has 1 aliphatic rings. The minimum atomic E-state index is -0.0244. The van der Waals surface area contributed by atoms with Gasteiger partial charge < -0.3 is 13.9 Å². The lowest BCUT2D eigenvalue weighted by Gasteiger charge is -2.32. The number of piperidine rings is 1. The van der Waals surface area contributed by atoms with Crippen LogP contribution in [0.5, 0.6) is 0 Å². The third kappa shape index (κ3) is 2.63. The molecule has 1 fully saturated rings. The summed E-state index contributed by atoms with van der Waals surface area (Å²) >= 11 is 0. The monoisotopic (exact) mass is 309 g/mol. The summed E-state index contributed by atoms with van der Waals surface area (Å²) in [5, 5.41) is 0.983. The molecular formula is C18H19N3O2. The summed E-state index contributed by atoms with van der Waals surface area (Å²) in [6, 6.07) is 8.11. The molecule has 0 aliphatic carbocycles. The van der Waals surface area contributed by atoms with Crippen molar-refractivity contribution in [3.05, 3.63) is 54.3 Å². The molecule has 1 unspecified atom stereocenters. The lowest BCUT2D eigenvalue weighted by molar-refractivity contribution is 0.0650. The van der Waals surface area contributed by atoms with E-state index in [-0.39, 0.29) is 5.91 Å². The van der Waals surface area contributed by atoms with E-state index >= 15 is 0 Å². The van der Waals surface area contributed by atoms with Crippen molar-refractivity contribution in [3.63, 3.8) is 0 Å². The Morgan fingerprint density at radius 1 is 1.35 bits per heavy atom. The summed E-state index contributed by atoms with van der Waals surface area (Å²) in [7, 11) is 0. The van der Waals surface area contributed by atoms with Crippen molar-refractivity contribution >= 4 is 16.9 Å². The minimum Gasteiger partial charge on any atom is -0.451 e. The number of furan rings is 1. The molecule has 1 amide bonds. The van der Waals surface area contributed by atoms with Crippen molar-refractivity contribution in [1.82, 2.24) is 14.5 Å². The number of benzene rings is 1. The average molecular weight is 309 g/mol. The van der Waals surface area contributed by atoms with E-state index in [1.165, 1.54) is 0 Å². The molecule has 3 heterocycles. The summed E-state index contributed by atoms with van der Waals surface area (Å²) in [5.74, 6) is 0.403. The van der Waals surface area contributed by atoms with Gasteiger partial charge in [-0.25, -0.2) is 4.98 Å². The van der Waals surface area contributed by atoms with Crippen molar-refractivity contribution in [2.45, 2.75) is 25.8 Å². The SMILES string of the molecule is Cc1ccc2oc(C(=O)N3CCCC(n4ccnc4)C3)cc2c1. The van der Waals surface area contributed by atoms with Crippen LogP contribution in [0.1, 0.15) is 35.0 Å². The van der Waals surface area contributed by atoms with E-state index < -0.39 is 0 Å². The maximum absolute atomic E-state index is 12.8. The molecule has 0 N–H and O–H groups in total. The molecule has 2 aromatic heterocycles. The lowest BCUT2D eigenvalue weighted by Crippen LogP contribution is -2.40. The van der Waals surface area contributed by atoms with Gasteiger partial charge in [0.2, 0.25) is 0 Å². The van der Waals surface area contributed by atoms with Gasteiger partial charge in [-0.3, -0.25) is 4.79 Å². The number of aryl methyl sites for hydroxylation is 1. The zero-order valence-electron chi connectivity index (χ0n) is 13.1. The van der Waals surface area contributed by atoms with Gasteiger partial charge in [-0.1, -0.05) is 11.6 Å². The molecule has 0 spiro atoms. The van der Waals surface area contributed by atoms with Crippen molar-refractivity contribution < 1.29 is 9.21 Å². The Morgan fingerprint density at radius 2 is 2.26 bits per heavy atom. The van der Waals surface area contributed by atoms with Crippen LogP contribution < -0.4 is 0 Å². The summed E-state index contributed by atoms with van der Waals surface area (Å²) in [6.45, 7) is 3.51. The molecule has 118 valence electrons. The Bertz CT molecular complexity index is 835. The van der Waals surface area contributed by atoms with Crippen LogP contribution in [0.15, 0.2) is 47.4 Å². The number of likely N-dealkylation sites (tertiary alicyclic amines) is 1. The van der Waals surface area contributed by atoms with Crippen molar-refractivity contribution in [3.8, 4) is 0 Å². The van der Waals surface area contributed by atoms with Crippen LogP contribution in [0.2, 0.25) is 0 Å². The van der Waals surface area contributed by atoms with Gasteiger partial charge >= 0.3 is 0 Å². The Labute approximate surface area is 134 Å². The first-order valence-electron chi connectivity index (χ1n) is 7.97. The third-order valence-corrected chi connectivity index (χ3v) is 4.51. The molecule has 23 heavy (non-hydrogen) atoms. The fraction of sp³-hybridized carbons (Fsp3) is 0.333. The first-order valence-corrected chi connectivity index (χ1v) is 7.97. The van der Waals surface area contributed by atoms with Gasteiger partial charge in [-0.2, -0.15) is 0 Å². The summed E-state index contributed by atoms with van der Waals surface area (Å²) in [6.07, 6.45) is 7.63. The molecule has 1 aliphatic heterocycles. The maximum atomic E-state index is 12.8. The predicted octanol–water partition coefficient (Wildman–Crippen LogP) is 3.42. The van der Waals surface area contributed by atoms with Gasteiger partial charge in [-0.05, 0) is 38.0 Å². The molecular weight excluding hydrogens is 290 g/mol. The second kappa shape index (κ2) is 5.57. The van der Waals surface area contributed by atoms with Crippen LogP contribution in [0.25, 0.3) is 11.0 Å². The standard InChI is InChI=1S/C18H19N3O2/c1-13-4-5-16-14(9-13)10-17(23-16)18(22)20-7-2-3-15(11-20)21-8-6-19-12-21/h4-6,8-10,12,15H,2-3,7,11H2,1H3. The zero-order chi connectivity index (χ0) is 15.8.